The first-order valence-corrected chi connectivity index (χ1v) is 9.15. The van der Waals surface area contributed by atoms with Crippen LogP contribution in [0.2, 0.25) is 0 Å². The van der Waals surface area contributed by atoms with Crippen molar-refractivity contribution in [1.29, 1.82) is 0 Å². The summed E-state index contributed by atoms with van der Waals surface area (Å²) in [6.07, 6.45) is -4.41. The molecule has 0 saturated carbocycles. The maximum Gasteiger partial charge on any atom is 0.416 e. The normalized spacial score (nSPS) is 12.2. The number of halogens is 5. The van der Waals surface area contributed by atoms with Gasteiger partial charge in [0.15, 0.2) is 0 Å². The van der Waals surface area contributed by atoms with Gasteiger partial charge in [0.25, 0.3) is 0 Å². The first-order valence-electron chi connectivity index (χ1n) is 6.87. The number of hydrogen-bond acceptors (Lipinski definition) is 3. The van der Waals surface area contributed by atoms with Crippen molar-refractivity contribution in [3.63, 3.8) is 0 Å². The molecule has 25 heavy (non-hydrogen) atoms. The van der Waals surface area contributed by atoms with Gasteiger partial charge in [-0.2, -0.15) is 13.2 Å². The third-order valence-corrected chi connectivity index (χ3v) is 5.43. The predicted molar refractivity (Wildman–Crippen MR) is 89.1 cm³/mol. The average Bonchev–Trinajstić information content (AvgIpc) is 2.54. The average molecular weight is 441 g/mol. The Hall–Kier alpha value is -1.65. The van der Waals surface area contributed by atoms with Gasteiger partial charge in [-0.1, -0.05) is 12.1 Å². The highest BCUT2D eigenvalue weighted by Crippen LogP contribution is 2.30. The molecule has 0 amide bonds. The molecule has 0 atom stereocenters. The van der Waals surface area contributed by atoms with E-state index in [-0.39, 0.29) is 12.2 Å². The molecule has 0 saturated heterocycles. The lowest BCUT2D eigenvalue weighted by Gasteiger charge is -2.12. The van der Waals surface area contributed by atoms with Gasteiger partial charge < -0.3 is 5.32 Å². The highest BCUT2D eigenvalue weighted by Gasteiger charge is 2.29. The fraction of sp³-hybridized carbons (Fsp3) is 0.200. The zero-order valence-electron chi connectivity index (χ0n) is 12.8. The third-order valence-electron chi connectivity index (χ3n) is 3.34. The second kappa shape index (κ2) is 7.30. The maximum atomic E-state index is 14.0. The first kappa shape index (κ1) is 19.7. The van der Waals surface area contributed by atoms with Gasteiger partial charge in [-0.05, 0) is 52.8 Å². The number of sulfonamides is 1. The van der Waals surface area contributed by atoms with Gasteiger partial charge in [0.2, 0.25) is 10.0 Å². The Bertz CT molecular complexity index is 868. The second-order valence-corrected chi connectivity index (χ2v) is 7.73. The zero-order chi connectivity index (χ0) is 18.8. The van der Waals surface area contributed by atoms with Crippen molar-refractivity contribution in [2.24, 2.45) is 0 Å². The van der Waals surface area contributed by atoms with E-state index in [1.165, 1.54) is 19.2 Å². The summed E-state index contributed by atoms with van der Waals surface area (Å²) in [5, 5.41) is 2.84. The van der Waals surface area contributed by atoms with Crippen LogP contribution in [0.4, 0.5) is 23.2 Å². The minimum absolute atomic E-state index is 0.133. The molecule has 4 nitrogen and oxygen atoms in total. The Morgan fingerprint density at radius 3 is 2.24 bits per heavy atom. The van der Waals surface area contributed by atoms with E-state index < -0.39 is 32.5 Å². The van der Waals surface area contributed by atoms with Crippen LogP contribution in [-0.4, -0.2) is 15.5 Å². The van der Waals surface area contributed by atoms with E-state index >= 15 is 0 Å². The lowest BCUT2D eigenvalue weighted by molar-refractivity contribution is -0.137. The van der Waals surface area contributed by atoms with Crippen LogP contribution < -0.4 is 10.0 Å². The summed E-state index contributed by atoms with van der Waals surface area (Å²) < 4.78 is 77.3. The Kier molecular flexibility index (Phi) is 5.75. The molecule has 0 bridgehead atoms. The summed E-state index contributed by atoms with van der Waals surface area (Å²) in [6, 6.07) is 6.62. The maximum absolute atomic E-state index is 14.0. The van der Waals surface area contributed by atoms with E-state index in [0.717, 1.165) is 24.3 Å². The molecule has 2 rings (SSSR count). The van der Waals surface area contributed by atoms with Gasteiger partial charge in [-0.25, -0.2) is 17.5 Å². The number of hydrogen-bond donors (Lipinski definition) is 2. The quantitative estimate of drug-likeness (QED) is 0.687. The lowest BCUT2D eigenvalue weighted by atomic mass is 10.1. The Balaban J connectivity index is 2.18. The molecule has 2 aromatic carbocycles. The lowest BCUT2D eigenvalue weighted by Crippen LogP contribution is -2.20. The minimum atomic E-state index is -4.41. The van der Waals surface area contributed by atoms with Crippen molar-refractivity contribution in [1.82, 2.24) is 4.72 Å². The molecule has 0 aromatic heterocycles. The molecule has 136 valence electrons. The van der Waals surface area contributed by atoms with Crippen LogP contribution in [0.15, 0.2) is 45.8 Å². The van der Waals surface area contributed by atoms with E-state index in [2.05, 4.69) is 21.2 Å². The topological polar surface area (TPSA) is 58.2 Å². The zero-order valence-corrected chi connectivity index (χ0v) is 15.2. The number of alkyl halides is 3. The summed E-state index contributed by atoms with van der Waals surface area (Å²) in [6.45, 7) is 0.133. The SMILES string of the molecule is CNS(=O)(=O)c1cc(Br)c(NCc2ccc(C(F)(F)F)cc2)cc1F. The van der Waals surface area contributed by atoms with Gasteiger partial charge in [0, 0.05) is 11.0 Å². The number of nitrogens with one attached hydrogen (secondary N) is 2. The number of anilines is 1. The van der Waals surface area contributed by atoms with Crippen LogP contribution in [-0.2, 0) is 22.7 Å². The van der Waals surface area contributed by atoms with Crippen molar-refractivity contribution in [2.45, 2.75) is 17.6 Å². The summed E-state index contributed by atoms with van der Waals surface area (Å²) >= 11 is 3.14. The predicted octanol–water partition coefficient (Wildman–Crippen LogP) is 4.13. The van der Waals surface area contributed by atoms with Crippen LogP contribution in [0.25, 0.3) is 0 Å². The summed E-state index contributed by atoms with van der Waals surface area (Å²) in [7, 11) is -2.78. The molecule has 0 fully saturated rings. The van der Waals surface area contributed by atoms with Crippen molar-refractivity contribution in [3.8, 4) is 0 Å². The Labute approximate surface area is 150 Å². The van der Waals surface area contributed by atoms with Crippen LogP contribution in [0.5, 0.6) is 0 Å². The number of benzene rings is 2. The van der Waals surface area contributed by atoms with Crippen LogP contribution in [0.3, 0.4) is 0 Å². The largest absolute Gasteiger partial charge is 0.416 e. The van der Waals surface area contributed by atoms with Gasteiger partial charge in [0.05, 0.1) is 11.3 Å². The molecular formula is C15H13BrF4N2O2S. The fourth-order valence-corrected chi connectivity index (χ4v) is 3.43. The van der Waals surface area contributed by atoms with E-state index in [4.69, 9.17) is 0 Å². The fourth-order valence-electron chi connectivity index (χ4n) is 1.99. The van der Waals surface area contributed by atoms with E-state index in [0.29, 0.717) is 10.0 Å². The smallest absolute Gasteiger partial charge is 0.380 e. The van der Waals surface area contributed by atoms with Gasteiger partial charge in [-0.15, -0.1) is 0 Å². The Morgan fingerprint density at radius 2 is 1.72 bits per heavy atom. The molecule has 0 unspecified atom stereocenters. The summed E-state index contributed by atoms with van der Waals surface area (Å²) in [5.41, 5.74) is 0.0600. The van der Waals surface area contributed by atoms with Gasteiger partial charge in [0.1, 0.15) is 10.7 Å². The number of rotatable bonds is 5. The molecule has 2 aromatic rings. The van der Waals surface area contributed by atoms with Crippen molar-refractivity contribution >= 4 is 31.6 Å². The molecule has 0 aliphatic heterocycles. The highest BCUT2D eigenvalue weighted by atomic mass is 79.9. The summed E-state index contributed by atoms with van der Waals surface area (Å²) in [5.74, 6) is -0.951. The molecule has 0 aliphatic rings. The highest BCUT2D eigenvalue weighted by molar-refractivity contribution is 9.10. The minimum Gasteiger partial charge on any atom is -0.380 e. The van der Waals surface area contributed by atoms with Crippen molar-refractivity contribution in [2.75, 3.05) is 12.4 Å². The molecule has 2 N–H and O–H groups in total. The molecule has 0 aliphatic carbocycles. The standard InChI is InChI=1S/C15H13BrF4N2O2S/c1-21-25(23,24)14-6-11(16)13(7-12(14)17)22-8-9-2-4-10(5-3-9)15(18,19)20/h2-7,21-22H,8H2,1H3. The van der Waals surface area contributed by atoms with E-state index in [1.807, 2.05) is 4.72 Å². The van der Waals surface area contributed by atoms with Gasteiger partial charge in [-0.3, -0.25) is 0 Å². The van der Waals surface area contributed by atoms with E-state index in [9.17, 15) is 26.0 Å². The van der Waals surface area contributed by atoms with Gasteiger partial charge >= 0.3 is 6.18 Å². The molecule has 0 radical (unpaired) electrons. The molecule has 0 heterocycles. The van der Waals surface area contributed by atoms with Crippen LogP contribution in [0.1, 0.15) is 11.1 Å². The van der Waals surface area contributed by atoms with E-state index in [1.54, 1.807) is 0 Å². The first-order chi connectivity index (χ1) is 11.5. The van der Waals surface area contributed by atoms with Crippen LogP contribution in [0, 0.1) is 5.82 Å². The Morgan fingerprint density at radius 1 is 1.12 bits per heavy atom. The molecular weight excluding hydrogens is 428 g/mol. The molecule has 10 heteroatoms. The van der Waals surface area contributed by atoms with Crippen molar-refractivity contribution in [3.05, 3.63) is 57.8 Å². The summed E-state index contributed by atoms with van der Waals surface area (Å²) in [4.78, 5) is -0.512. The second-order valence-electron chi connectivity index (χ2n) is 5.02. The molecule has 0 spiro atoms. The van der Waals surface area contributed by atoms with Crippen LogP contribution >= 0.6 is 15.9 Å². The monoisotopic (exact) mass is 440 g/mol. The van der Waals surface area contributed by atoms with Crippen molar-refractivity contribution < 1.29 is 26.0 Å². The third kappa shape index (κ3) is 4.71.